The molecule has 0 saturated carbocycles. The molecule has 0 aliphatic carbocycles. The lowest BCUT2D eigenvalue weighted by atomic mass is 10.2. The van der Waals surface area contributed by atoms with Crippen LogP contribution in [-0.4, -0.2) is 23.2 Å². The van der Waals surface area contributed by atoms with Gasteiger partial charge in [0.25, 0.3) is 0 Å². The number of halogens is 1. The number of nitrogens with zero attached hydrogens (tertiary/aromatic N) is 2. The molecule has 2 rings (SSSR count). The maximum Gasteiger partial charge on any atom is 0.341 e. The third kappa shape index (κ3) is 3.25. The molecule has 0 aliphatic rings. The standard InChI is InChI=1S/C14H9FN2O4/c1-20-10-2-8(6-16)3-11(5-10)21-13-12(14(18)19)4-9(15)7-17-13/h2-5,7H,1H3,(H,18,19). The normalized spacial score (nSPS) is 9.76. The number of benzene rings is 1. The third-order valence-corrected chi connectivity index (χ3v) is 2.51. The first kappa shape index (κ1) is 14.3. The Hall–Kier alpha value is -3.14. The van der Waals surface area contributed by atoms with Crippen LogP contribution < -0.4 is 9.47 Å². The molecule has 2 aromatic rings. The van der Waals surface area contributed by atoms with Crippen LogP contribution in [0.5, 0.6) is 17.4 Å². The Labute approximate surface area is 119 Å². The van der Waals surface area contributed by atoms with Gasteiger partial charge < -0.3 is 14.6 Å². The Morgan fingerprint density at radius 3 is 2.67 bits per heavy atom. The quantitative estimate of drug-likeness (QED) is 0.929. The number of hydrogen-bond acceptors (Lipinski definition) is 5. The van der Waals surface area contributed by atoms with Crippen molar-refractivity contribution in [1.82, 2.24) is 4.98 Å². The highest BCUT2D eigenvalue weighted by Crippen LogP contribution is 2.28. The molecule has 1 aromatic carbocycles. The van der Waals surface area contributed by atoms with E-state index in [0.29, 0.717) is 5.75 Å². The van der Waals surface area contributed by atoms with Gasteiger partial charge in [0.05, 0.1) is 24.9 Å². The Morgan fingerprint density at radius 2 is 2.05 bits per heavy atom. The van der Waals surface area contributed by atoms with E-state index in [4.69, 9.17) is 19.8 Å². The van der Waals surface area contributed by atoms with Crippen LogP contribution in [0.25, 0.3) is 0 Å². The summed E-state index contributed by atoms with van der Waals surface area (Å²) in [5.41, 5.74) is -0.153. The van der Waals surface area contributed by atoms with Crippen molar-refractivity contribution in [2.45, 2.75) is 0 Å². The highest BCUT2D eigenvalue weighted by atomic mass is 19.1. The predicted octanol–water partition coefficient (Wildman–Crippen LogP) is 2.59. The minimum absolute atomic E-state index is 0.160. The molecule has 6 nitrogen and oxygen atoms in total. The van der Waals surface area contributed by atoms with Gasteiger partial charge in [-0.1, -0.05) is 0 Å². The van der Waals surface area contributed by atoms with Crippen molar-refractivity contribution in [2.75, 3.05) is 7.11 Å². The number of carbonyl (C=O) groups is 1. The van der Waals surface area contributed by atoms with Crippen molar-refractivity contribution < 1.29 is 23.8 Å². The molecule has 0 spiro atoms. The predicted molar refractivity (Wildman–Crippen MR) is 68.9 cm³/mol. The fourth-order valence-corrected chi connectivity index (χ4v) is 1.59. The summed E-state index contributed by atoms with van der Waals surface area (Å²) in [7, 11) is 1.42. The number of carboxylic acid groups (broad SMARTS) is 1. The first-order chi connectivity index (χ1) is 10.0. The van der Waals surface area contributed by atoms with E-state index in [0.717, 1.165) is 12.3 Å². The molecule has 7 heteroatoms. The number of pyridine rings is 1. The Morgan fingerprint density at radius 1 is 1.33 bits per heavy atom. The van der Waals surface area contributed by atoms with Crippen molar-refractivity contribution in [3.63, 3.8) is 0 Å². The zero-order valence-corrected chi connectivity index (χ0v) is 10.8. The zero-order chi connectivity index (χ0) is 15.4. The first-order valence-corrected chi connectivity index (χ1v) is 5.69. The Bertz CT molecular complexity index is 740. The van der Waals surface area contributed by atoms with Crippen LogP contribution in [0.1, 0.15) is 15.9 Å². The minimum Gasteiger partial charge on any atom is -0.497 e. The van der Waals surface area contributed by atoms with Gasteiger partial charge in [-0.15, -0.1) is 0 Å². The number of nitriles is 1. The molecule has 0 radical (unpaired) electrons. The fraction of sp³-hybridized carbons (Fsp3) is 0.0714. The second-order valence-electron chi connectivity index (χ2n) is 3.92. The molecule has 0 aliphatic heterocycles. The SMILES string of the molecule is COc1cc(C#N)cc(Oc2ncc(F)cc2C(=O)O)c1. The number of rotatable bonds is 4. The smallest absolute Gasteiger partial charge is 0.341 e. The van der Waals surface area contributed by atoms with Crippen molar-refractivity contribution >= 4 is 5.97 Å². The van der Waals surface area contributed by atoms with Crippen LogP contribution in [-0.2, 0) is 0 Å². The molecule has 106 valence electrons. The van der Waals surface area contributed by atoms with Gasteiger partial charge in [-0.25, -0.2) is 14.2 Å². The lowest BCUT2D eigenvalue weighted by Crippen LogP contribution is -2.03. The molecule has 0 bridgehead atoms. The molecule has 0 fully saturated rings. The Balaban J connectivity index is 2.43. The van der Waals surface area contributed by atoms with Crippen LogP contribution in [0.4, 0.5) is 4.39 Å². The van der Waals surface area contributed by atoms with Gasteiger partial charge in [0.2, 0.25) is 5.88 Å². The van der Waals surface area contributed by atoms with Gasteiger partial charge in [0.15, 0.2) is 0 Å². The molecule has 0 atom stereocenters. The van der Waals surface area contributed by atoms with Gasteiger partial charge in [0, 0.05) is 6.07 Å². The average Bonchev–Trinajstić information content (AvgIpc) is 2.48. The van der Waals surface area contributed by atoms with Crippen LogP contribution in [0.2, 0.25) is 0 Å². The summed E-state index contributed by atoms with van der Waals surface area (Å²) in [5, 5.41) is 17.9. The van der Waals surface area contributed by atoms with Crippen molar-refractivity contribution in [3.05, 3.63) is 47.4 Å². The molecular formula is C14H9FN2O4. The third-order valence-electron chi connectivity index (χ3n) is 2.51. The van der Waals surface area contributed by atoms with Gasteiger partial charge in [-0.05, 0) is 18.2 Å². The molecule has 1 aromatic heterocycles. The van der Waals surface area contributed by atoms with E-state index < -0.39 is 17.3 Å². The summed E-state index contributed by atoms with van der Waals surface area (Å²) in [5.74, 6) is -1.92. The second-order valence-corrected chi connectivity index (χ2v) is 3.92. The number of methoxy groups -OCH3 is 1. The molecule has 21 heavy (non-hydrogen) atoms. The average molecular weight is 288 g/mol. The van der Waals surface area contributed by atoms with E-state index in [2.05, 4.69) is 4.98 Å². The molecule has 0 amide bonds. The van der Waals surface area contributed by atoms with Gasteiger partial charge in [-0.2, -0.15) is 5.26 Å². The number of ether oxygens (including phenoxy) is 2. The second kappa shape index (κ2) is 5.88. The van der Waals surface area contributed by atoms with Crippen LogP contribution >= 0.6 is 0 Å². The van der Waals surface area contributed by atoms with E-state index in [1.54, 1.807) is 0 Å². The highest BCUT2D eigenvalue weighted by Gasteiger charge is 2.15. The number of carboxylic acids is 1. The Kier molecular flexibility index (Phi) is 4.00. The monoisotopic (exact) mass is 288 g/mol. The molecule has 0 unspecified atom stereocenters. The van der Waals surface area contributed by atoms with Crippen LogP contribution in [0, 0.1) is 17.1 Å². The minimum atomic E-state index is -1.37. The number of aromatic carboxylic acids is 1. The largest absolute Gasteiger partial charge is 0.497 e. The summed E-state index contributed by atoms with van der Waals surface area (Å²) in [6.45, 7) is 0. The highest BCUT2D eigenvalue weighted by molar-refractivity contribution is 5.90. The van der Waals surface area contributed by atoms with Crippen molar-refractivity contribution in [1.29, 1.82) is 5.26 Å². The maximum absolute atomic E-state index is 13.0. The van der Waals surface area contributed by atoms with E-state index in [1.807, 2.05) is 6.07 Å². The van der Waals surface area contributed by atoms with Crippen molar-refractivity contribution in [2.24, 2.45) is 0 Å². The number of hydrogen-bond donors (Lipinski definition) is 1. The lowest BCUT2D eigenvalue weighted by Gasteiger charge is -2.09. The zero-order valence-electron chi connectivity index (χ0n) is 10.8. The topological polar surface area (TPSA) is 92.4 Å². The summed E-state index contributed by atoms with van der Waals surface area (Å²) >= 11 is 0. The number of aromatic nitrogens is 1. The lowest BCUT2D eigenvalue weighted by molar-refractivity contribution is 0.0692. The van der Waals surface area contributed by atoms with Crippen LogP contribution in [0.3, 0.4) is 0 Å². The molecule has 1 heterocycles. The summed E-state index contributed by atoms with van der Waals surface area (Å²) in [6, 6.07) is 7.05. The van der Waals surface area contributed by atoms with Gasteiger partial charge in [-0.3, -0.25) is 0 Å². The van der Waals surface area contributed by atoms with E-state index in [1.165, 1.54) is 25.3 Å². The van der Waals surface area contributed by atoms with E-state index in [9.17, 15) is 9.18 Å². The maximum atomic E-state index is 13.0. The summed E-state index contributed by atoms with van der Waals surface area (Å²) in [4.78, 5) is 14.7. The first-order valence-electron chi connectivity index (χ1n) is 5.69. The van der Waals surface area contributed by atoms with Crippen LogP contribution in [0.15, 0.2) is 30.5 Å². The summed E-state index contributed by atoms with van der Waals surface area (Å²) in [6.07, 6.45) is 0.840. The van der Waals surface area contributed by atoms with Gasteiger partial charge >= 0.3 is 5.97 Å². The molecule has 1 N–H and O–H groups in total. The van der Waals surface area contributed by atoms with Crippen molar-refractivity contribution in [3.8, 4) is 23.4 Å². The van der Waals surface area contributed by atoms with E-state index >= 15 is 0 Å². The molecule has 0 saturated heterocycles. The van der Waals surface area contributed by atoms with E-state index in [-0.39, 0.29) is 17.2 Å². The van der Waals surface area contributed by atoms with Gasteiger partial charge in [0.1, 0.15) is 22.9 Å². The summed E-state index contributed by atoms with van der Waals surface area (Å²) < 4.78 is 23.4. The molecular weight excluding hydrogens is 279 g/mol. The fourth-order valence-electron chi connectivity index (χ4n) is 1.59.